The lowest BCUT2D eigenvalue weighted by molar-refractivity contribution is -0.131. The minimum absolute atomic E-state index is 0.0896. The summed E-state index contributed by atoms with van der Waals surface area (Å²) in [5.74, 6) is -0.891. The number of allylic oxidation sites excluding steroid dienone is 6. The number of hydrogen-bond acceptors (Lipinski definition) is 1. The second kappa shape index (κ2) is 5.91. The molecule has 22 heavy (non-hydrogen) atoms. The molecule has 0 bridgehead atoms. The predicted molar refractivity (Wildman–Crippen MR) is 91.7 cm³/mol. The predicted octanol–water partition coefficient (Wildman–Crippen LogP) is 5.44. The number of carboxylic acids is 1. The fraction of sp³-hybridized carbons (Fsp3) is 0.550. The monoisotopic (exact) mass is 300 g/mol. The molecule has 1 unspecified atom stereocenters. The Morgan fingerprint density at radius 1 is 1.36 bits per heavy atom. The zero-order valence-electron chi connectivity index (χ0n) is 14.3. The summed E-state index contributed by atoms with van der Waals surface area (Å²) >= 11 is 0. The smallest absolute Gasteiger partial charge is 0.328 e. The molecule has 0 aliphatic heterocycles. The van der Waals surface area contributed by atoms with Gasteiger partial charge in [-0.05, 0) is 66.6 Å². The van der Waals surface area contributed by atoms with Gasteiger partial charge in [0.15, 0.2) is 0 Å². The van der Waals surface area contributed by atoms with Gasteiger partial charge in [0.25, 0.3) is 0 Å². The van der Waals surface area contributed by atoms with E-state index in [2.05, 4.69) is 33.4 Å². The average Bonchev–Trinajstić information content (AvgIpc) is 2.63. The Labute approximate surface area is 134 Å². The van der Waals surface area contributed by atoms with Crippen LogP contribution in [-0.4, -0.2) is 11.1 Å². The van der Waals surface area contributed by atoms with Crippen LogP contribution in [-0.2, 0) is 4.79 Å². The third-order valence-corrected chi connectivity index (χ3v) is 5.37. The molecule has 0 saturated heterocycles. The van der Waals surface area contributed by atoms with Crippen molar-refractivity contribution in [3.63, 3.8) is 0 Å². The first-order valence-electron chi connectivity index (χ1n) is 8.16. The lowest BCUT2D eigenvalue weighted by Gasteiger charge is -2.32. The molecule has 0 fully saturated rings. The molecule has 0 amide bonds. The Bertz CT molecular complexity index is 587. The van der Waals surface area contributed by atoms with Gasteiger partial charge in [0.2, 0.25) is 0 Å². The summed E-state index contributed by atoms with van der Waals surface area (Å²) in [4.78, 5) is 10.7. The largest absolute Gasteiger partial charge is 0.478 e. The zero-order chi connectivity index (χ0) is 16.5. The van der Waals surface area contributed by atoms with E-state index in [4.69, 9.17) is 5.11 Å². The highest BCUT2D eigenvalue weighted by Crippen LogP contribution is 2.57. The molecule has 0 saturated carbocycles. The van der Waals surface area contributed by atoms with Crippen LogP contribution >= 0.6 is 0 Å². The lowest BCUT2D eigenvalue weighted by Crippen LogP contribution is -2.19. The van der Waals surface area contributed by atoms with Gasteiger partial charge in [-0.3, -0.25) is 0 Å². The van der Waals surface area contributed by atoms with Crippen molar-refractivity contribution >= 4 is 5.97 Å². The molecule has 2 nitrogen and oxygen atoms in total. The van der Waals surface area contributed by atoms with Gasteiger partial charge in [0.05, 0.1) is 0 Å². The van der Waals surface area contributed by atoms with E-state index in [-0.39, 0.29) is 5.41 Å². The molecular formula is C20H28O2. The molecule has 0 spiro atoms. The summed E-state index contributed by atoms with van der Waals surface area (Å²) < 4.78 is 0. The van der Waals surface area contributed by atoms with Crippen LogP contribution in [0.2, 0.25) is 0 Å². The Morgan fingerprint density at radius 2 is 2.05 bits per heavy atom. The van der Waals surface area contributed by atoms with Gasteiger partial charge in [-0.1, -0.05) is 45.1 Å². The summed E-state index contributed by atoms with van der Waals surface area (Å²) in [7, 11) is 0. The second-order valence-corrected chi connectivity index (χ2v) is 7.74. The molecule has 0 radical (unpaired) electrons. The lowest BCUT2D eigenvalue weighted by atomic mass is 9.72. The van der Waals surface area contributed by atoms with Crippen molar-refractivity contribution in [1.29, 1.82) is 0 Å². The maximum Gasteiger partial charge on any atom is 0.328 e. The normalized spacial score (nSPS) is 28.4. The van der Waals surface area contributed by atoms with Gasteiger partial charge in [0.1, 0.15) is 0 Å². The molecule has 1 N–H and O–H groups in total. The van der Waals surface area contributed by atoms with Crippen molar-refractivity contribution in [2.45, 2.75) is 59.8 Å². The van der Waals surface area contributed by atoms with E-state index in [0.717, 1.165) is 18.4 Å². The van der Waals surface area contributed by atoms with Gasteiger partial charge in [0, 0.05) is 6.08 Å². The van der Waals surface area contributed by atoms with E-state index < -0.39 is 5.97 Å². The first kappa shape index (κ1) is 16.8. The van der Waals surface area contributed by atoms with Crippen LogP contribution in [0.3, 0.4) is 0 Å². The van der Waals surface area contributed by atoms with Gasteiger partial charge >= 0.3 is 5.97 Å². The third-order valence-electron chi connectivity index (χ3n) is 5.37. The molecule has 2 heteroatoms. The molecule has 1 atom stereocenters. The first-order chi connectivity index (χ1) is 10.2. The summed E-state index contributed by atoms with van der Waals surface area (Å²) in [6.45, 7) is 13.2. The van der Waals surface area contributed by atoms with Crippen molar-refractivity contribution in [3.8, 4) is 0 Å². The molecule has 2 aliphatic carbocycles. The van der Waals surface area contributed by atoms with E-state index in [1.54, 1.807) is 5.57 Å². The Hall–Kier alpha value is -1.57. The van der Waals surface area contributed by atoms with Gasteiger partial charge in [-0.15, -0.1) is 0 Å². The van der Waals surface area contributed by atoms with Crippen molar-refractivity contribution < 1.29 is 9.90 Å². The van der Waals surface area contributed by atoms with Crippen LogP contribution in [0.25, 0.3) is 0 Å². The van der Waals surface area contributed by atoms with Crippen LogP contribution in [0, 0.1) is 10.8 Å². The quantitative estimate of drug-likeness (QED) is 0.554. The molecule has 2 aliphatic rings. The van der Waals surface area contributed by atoms with E-state index in [1.807, 2.05) is 13.0 Å². The number of rotatable bonds is 4. The Balaban J connectivity index is 2.13. The molecule has 2 rings (SSSR count). The molecule has 0 aromatic carbocycles. The maximum atomic E-state index is 10.7. The van der Waals surface area contributed by atoms with Gasteiger partial charge < -0.3 is 5.11 Å². The summed E-state index contributed by atoms with van der Waals surface area (Å²) in [5, 5.41) is 8.75. The fourth-order valence-electron chi connectivity index (χ4n) is 3.90. The molecule has 0 aromatic rings. The Kier molecular flexibility index (Phi) is 4.51. The van der Waals surface area contributed by atoms with Crippen LogP contribution in [0.1, 0.15) is 59.8 Å². The number of hydrogen-bond donors (Lipinski definition) is 1. The van der Waals surface area contributed by atoms with Crippen LogP contribution in [0.5, 0.6) is 0 Å². The summed E-state index contributed by atoms with van der Waals surface area (Å²) in [6.07, 6.45) is 11.0. The number of aliphatic carboxylic acids is 1. The van der Waals surface area contributed by atoms with Crippen molar-refractivity contribution in [2.24, 2.45) is 10.8 Å². The molecule has 0 aromatic heterocycles. The van der Waals surface area contributed by atoms with Crippen molar-refractivity contribution in [1.82, 2.24) is 0 Å². The van der Waals surface area contributed by atoms with Crippen molar-refractivity contribution in [3.05, 3.63) is 47.1 Å². The fourth-order valence-corrected chi connectivity index (χ4v) is 3.90. The third kappa shape index (κ3) is 3.26. The van der Waals surface area contributed by atoms with Gasteiger partial charge in [-0.2, -0.15) is 0 Å². The standard InChI is InChI=1S/C20H28O2/c1-14(12-18(21)22)8-6-11-20(5)13-17-16(15(20)2)9-7-10-19(17,3)4/h6,8,12H,2,7,9-11,13H2,1,3-5H3,(H,21,22)/b8-6+,14-12-. The van der Waals surface area contributed by atoms with Gasteiger partial charge in [-0.25, -0.2) is 4.79 Å². The van der Waals surface area contributed by atoms with Crippen LogP contribution in [0.4, 0.5) is 0 Å². The second-order valence-electron chi connectivity index (χ2n) is 7.74. The number of carbonyl (C=O) groups is 1. The SMILES string of the molecule is C=C1C2=C(CC1(C)C/C=C/C(C)=C\C(=O)O)C(C)(C)CCC2. The molecule has 120 valence electrons. The topological polar surface area (TPSA) is 37.3 Å². The van der Waals surface area contributed by atoms with Crippen molar-refractivity contribution in [2.75, 3.05) is 0 Å². The minimum atomic E-state index is -0.891. The highest BCUT2D eigenvalue weighted by Gasteiger charge is 2.43. The highest BCUT2D eigenvalue weighted by atomic mass is 16.4. The van der Waals surface area contributed by atoms with E-state index in [1.165, 1.54) is 36.5 Å². The van der Waals surface area contributed by atoms with Crippen LogP contribution < -0.4 is 0 Å². The van der Waals surface area contributed by atoms with E-state index >= 15 is 0 Å². The summed E-state index contributed by atoms with van der Waals surface area (Å²) in [6, 6.07) is 0. The average molecular weight is 300 g/mol. The summed E-state index contributed by atoms with van der Waals surface area (Å²) in [5.41, 5.74) is 5.60. The molecule has 0 heterocycles. The maximum absolute atomic E-state index is 10.7. The number of carboxylic acid groups (broad SMARTS) is 1. The first-order valence-corrected chi connectivity index (χ1v) is 8.16. The molecular weight excluding hydrogens is 272 g/mol. The zero-order valence-corrected chi connectivity index (χ0v) is 14.3. The minimum Gasteiger partial charge on any atom is -0.478 e. The van der Waals surface area contributed by atoms with Crippen LogP contribution in [0.15, 0.2) is 47.1 Å². The van der Waals surface area contributed by atoms with E-state index in [9.17, 15) is 4.79 Å². The van der Waals surface area contributed by atoms with E-state index in [0.29, 0.717) is 5.41 Å². The highest BCUT2D eigenvalue weighted by molar-refractivity contribution is 5.81. The Morgan fingerprint density at radius 3 is 2.64 bits per heavy atom.